The number of carboxylic acids is 1. The van der Waals surface area contributed by atoms with Crippen LogP contribution in [0, 0.1) is 0 Å². The van der Waals surface area contributed by atoms with E-state index in [1.54, 1.807) is 12.1 Å². The fourth-order valence-electron chi connectivity index (χ4n) is 2.62. The van der Waals surface area contributed by atoms with Gasteiger partial charge in [-0.15, -0.1) is 0 Å². The van der Waals surface area contributed by atoms with E-state index < -0.39 is 5.97 Å². The minimum atomic E-state index is -0.889. The number of halogens is 1. The van der Waals surface area contributed by atoms with Crippen molar-refractivity contribution < 1.29 is 9.90 Å². The predicted molar refractivity (Wildman–Crippen MR) is 87.5 cm³/mol. The van der Waals surface area contributed by atoms with Gasteiger partial charge in [-0.05, 0) is 43.2 Å². The van der Waals surface area contributed by atoms with Gasteiger partial charge < -0.3 is 10.4 Å². The molecule has 1 aromatic carbocycles. The minimum Gasteiger partial charge on any atom is -0.478 e. The molecule has 2 unspecified atom stereocenters. The number of nitrogens with one attached hydrogen (secondary N) is 1. The van der Waals surface area contributed by atoms with Gasteiger partial charge in [0.15, 0.2) is 0 Å². The van der Waals surface area contributed by atoms with Gasteiger partial charge in [-0.2, -0.15) is 11.8 Å². The molecule has 0 aromatic heterocycles. The van der Waals surface area contributed by atoms with E-state index in [4.69, 9.17) is 5.11 Å². The topological polar surface area (TPSA) is 49.3 Å². The summed E-state index contributed by atoms with van der Waals surface area (Å²) in [6.45, 7) is 0.784. The molecule has 20 heavy (non-hydrogen) atoms. The molecular weight excluding hydrogens is 338 g/mol. The zero-order valence-electron chi connectivity index (χ0n) is 11.6. The second-order valence-corrected chi connectivity index (χ2v) is 7.21. The van der Waals surface area contributed by atoms with Gasteiger partial charge in [-0.25, -0.2) is 4.79 Å². The van der Waals surface area contributed by atoms with Crippen molar-refractivity contribution in [2.75, 3.05) is 6.26 Å². The molecule has 5 heteroatoms. The number of carbonyl (C=O) groups is 1. The summed E-state index contributed by atoms with van der Waals surface area (Å²) in [7, 11) is 0. The number of carboxylic acid groups (broad SMARTS) is 1. The zero-order valence-corrected chi connectivity index (χ0v) is 14.0. The highest BCUT2D eigenvalue weighted by molar-refractivity contribution is 9.10. The van der Waals surface area contributed by atoms with Crippen molar-refractivity contribution in [2.24, 2.45) is 0 Å². The Morgan fingerprint density at radius 3 is 2.95 bits per heavy atom. The van der Waals surface area contributed by atoms with Crippen LogP contribution in [0.25, 0.3) is 0 Å². The molecule has 0 bridgehead atoms. The molecule has 0 spiro atoms. The molecule has 0 amide bonds. The summed E-state index contributed by atoms with van der Waals surface area (Å²) >= 11 is 5.42. The van der Waals surface area contributed by atoms with Crippen LogP contribution in [0.15, 0.2) is 22.7 Å². The maximum absolute atomic E-state index is 10.9. The van der Waals surface area contributed by atoms with Crippen LogP contribution in [0.2, 0.25) is 0 Å². The Bertz CT molecular complexity index is 481. The van der Waals surface area contributed by atoms with Crippen molar-refractivity contribution in [3.63, 3.8) is 0 Å². The van der Waals surface area contributed by atoms with Crippen LogP contribution in [-0.2, 0) is 6.54 Å². The third-order valence-electron chi connectivity index (χ3n) is 3.84. The third-order valence-corrected chi connectivity index (χ3v) is 5.67. The number of hydrogen-bond acceptors (Lipinski definition) is 3. The van der Waals surface area contributed by atoms with Crippen LogP contribution in [0.4, 0.5) is 0 Å². The monoisotopic (exact) mass is 357 g/mol. The first-order chi connectivity index (χ1) is 9.60. The first-order valence-electron chi connectivity index (χ1n) is 6.88. The Labute approximate surface area is 132 Å². The summed E-state index contributed by atoms with van der Waals surface area (Å²) in [5.74, 6) is -0.889. The standard InChI is InChI=1S/C15H20BrNO2S/c1-20-13-4-2-3-12(8-13)17-9-11-6-5-10(15(18)19)7-14(11)16/h5-7,12-13,17H,2-4,8-9H2,1H3,(H,18,19). The van der Waals surface area contributed by atoms with Crippen molar-refractivity contribution in [3.05, 3.63) is 33.8 Å². The summed E-state index contributed by atoms with van der Waals surface area (Å²) in [4.78, 5) is 10.9. The number of rotatable bonds is 5. The molecular formula is C15H20BrNO2S. The Kier molecular flexibility index (Phi) is 5.93. The van der Waals surface area contributed by atoms with Gasteiger partial charge in [-0.3, -0.25) is 0 Å². The van der Waals surface area contributed by atoms with E-state index in [-0.39, 0.29) is 0 Å². The summed E-state index contributed by atoms with van der Waals surface area (Å²) in [6.07, 6.45) is 7.28. The van der Waals surface area contributed by atoms with Gasteiger partial charge in [0.25, 0.3) is 0 Å². The Morgan fingerprint density at radius 2 is 2.30 bits per heavy atom. The summed E-state index contributed by atoms with van der Waals surface area (Å²) in [5.41, 5.74) is 1.43. The first kappa shape index (κ1) is 15.9. The molecule has 1 saturated carbocycles. The average molecular weight is 358 g/mol. The number of aromatic carboxylic acids is 1. The van der Waals surface area contributed by atoms with Gasteiger partial charge in [0, 0.05) is 22.3 Å². The Balaban J connectivity index is 1.92. The SMILES string of the molecule is CSC1CCCC(NCc2ccc(C(=O)O)cc2Br)C1. The van der Waals surface area contributed by atoms with E-state index in [9.17, 15) is 4.79 Å². The molecule has 1 fully saturated rings. The fourth-order valence-corrected chi connectivity index (χ4v) is 3.97. The molecule has 0 radical (unpaired) electrons. The molecule has 1 aliphatic carbocycles. The van der Waals surface area contributed by atoms with Crippen LogP contribution in [-0.4, -0.2) is 28.6 Å². The van der Waals surface area contributed by atoms with E-state index in [1.165, 1.54) is 25.7 Å². The lowest BCUT2D eigenvalue weighted by Gasteiger charge is -2.29. The fraction of sp³-hybridized carbons (Fsp3) is 0.533. The third kappa shape index (κ3) is 4.24. The van der Waals surface area contributed by atoms with E-state index in [0.29, 0.717) is 11.6 Å². The largest absolute Gasteiger partial charge is 0.478 e. The normalized spacial score (nSPS) is 22.7. The van der Waals surface area contributed by atoms with Gasteiger partial charge in [0.1, 0.15) is 0 Å². The maximum atomic E-state index is 10.9. The lowest BCUT2D eigenvalue weighted by molar-refractivity contribution is 0.0697. The second kappa shape index (κ2) is 7.48. The molecule has 2 atom stereocenters. The van der Waals surface area contributed by atoms with Crippen molar-refractivity contribution >= 4 is 33.7 Å². The molecule has 2 N–H and O–H groups in total. The molecule has 0 heterocycles. The van der Waals surface area contributed by atoms with Gasteiger partial charge in [0.05, 0.1) is 5.56 Å². The van der Waals surface area contributed by atoms with Gasteiger partial charge in [-0.1, -0.05) is 28.4 Å². The van der Waals surface area contributed by atoms with E-state index in [2.05, 4.69) is 27.5 Å². The van der Waals surface area contributed by atoms with Crippen molar-refractivity contribution in [1.29, 1.82) is 0 Å². The molecule has 2 rings (SSSR count). The van der Waals surface area contributed by atoms with E-state index >= 15 is 0 Å². The summed E-state index contributed by atoms with van der Waals surface area (Å²) in [5, 5.41) is 13.3. The van der Waals surface area contributed by atoms with Crippen molar-refractivity contribution in [2.45, 2.75) is 43.5 Å². The molecule has 0 saturated heterocycles. The van der Waals surface area contributed by atoms with Crippen LogP contribution < -0.4 is 5.32 Å². The van der Waals surface area contributed by atoms with E-state index in [0.717, 1.165) is 21.8 Å². The molecule has 1 aliphatic rings. The minimum absolute atomic E-state index is 0.320. The molecule has 110 valence electrons. The number of hydrogen-bond donors (Lipinski definition) is 2. The molecule has 0 aliphatic heterocycles. The molecule has 1 aromatic rings. The van der Waals surface area contributed by atoms with Crippen LogP contribution in [0.3, 0.4) is 0 Å². The maximum Gasteiger partial charge on any atom is 0.335 e. The first-order valence-corrected chi connectivity index (χ1v) is 8.96. The number of thioether (sulfide) groups is 1. The van der Waals surface area contributed by atoms with Crippen LogP contribution in [0.5, 0.6) is 0 Å². The Hall–Kier alpha value is -0.520. The quantitative estimate of drug-likeness (QED) is 0.838. The average Bonchev–Trinajstić information content (AvgIpc) is 2.46. The van der Waals surface area contributed by atoms with Gasteiger partial charge in [0.2, 0.25) is 0 Å². The highest BCUT2D eigenvalue weighted by Gasteiger charge is 2.20. The lowest BCUT2D eigenvalue weighted by atomic mass is 9.95. The predicted octanol–water partition coefficient (Wildman–Crippen LogP) is 3.91. The summed E-state index contributed by atoms with van der Waals surface area (Å²) in [6, 6.07) is 5.79. The van der Waals surface area contributed by atoms with Gasteiger partial charge >= 0.3 is 5.97 Å². The Morgan fingerprint density at radius 1 is 1.50 bits per heavy atom. The highest BCUT2D eigenvalue weighted by atomic mass is 79.9. The highest BCUT2D eigenvalue weighted by Crippen LogP contribution is 2.27. The van der Waals surface area contributed by atoms with Crippen molar-refractivity contribution in [3.8, 4) is 0 Å². The second-order valence-electron chi connectivity index (χ2n) is 5.21. The van der Waals surface area contributed by atoms with Crippen LogP contribution in [0.1, 0.15) is 41.6 Å². The molecule has 3 nitrogen and oxygen atoms in total. The lowest BCUT2D eigenvalue weighted by Crippen LogP contribution is -2.34. The number of benzene rings is 1. The van der Waals surface area contributed by atoms with Crippen LogP contribution >= 0.6 is 27.7 Å². The van der Waals surface area contributed by atoms with E-state index in [1.807, 2.05) is 17.8 Å². The smallest absolute Gasteiger partial charge is 0.335 e. The van der Waals surface area contributed by atoms with Crippen molar-refractivity contribution in [1.82, 2.24) is 5.32 Å². The zero-order chi connectivity index (χ0) is 14.5. The summed E-state index contributed by atoms with van der Waals surface area (Å²) < 4.78 is 0.863.